The minimum Gasteiger partial charge on any atom is -0.352 e. The highest BCUT2D eigenvalue weighted by Crippen LogP contribution is 2.20. The van der Waals surface area contributed by atoms with Gasteiger partial charge < -0.3 is 5.32 Å². The van der Waals surface area contributed by atoms with E-state index in [9.17, 15) is 9.18 Å². The number of carbonyl (C=O) groups is 1. The van der Waals surface area contributed by atoms with Crippen molar-refractivity contribution in [2.45, 2.75) is 6.42 Å². The summed E-state index contributed by atoms with van der Waals surface area (Å²) in [7, 11) is 0. The highest BCUT2D eigenvalue weighted by Gasteiger charge is 2.12. The number of benzene rings is 1. The predicted molar refractivity (Wildman–Crippen MR) is 74.5 cm³/mol. The molecule has 94 valence electrons. The summed E-state index contributed by atoms with van der Waals surface area (Å²) in [4.78, 5) is 11.8. The fourth-order valence-electron chi connectivity index (χ4n) is 1.53. The predicted octanol–water partition coefficient (Wildman–Crippen LogP) is 3.62. The van der Waals surface area contributed by atoms with Crippen LogP contribution in [0, 0.1) is 5.82 Å². The summed E-state index contributed by atoms with van der Waals surface area (Å²) >= 11 is 4.71. The summed E-state index contributed by atoms with van der Waals surface area (Å²) in [6.07, 6.45) is 0.780. The minimum absolute atomic E-state index is 0.207. The van der Waals surface area contributed by atoms with Crippen molar-refractivity contribution in [1.82, 2.24) is 5.32 Å². The lowest BCUT2D eigenvalue weighted by Gasteiger charge is -2.06. The average Bonchev–Trinajstić information content (AvgIpc) is 2.85. The highest BCUT2D eigenvalue weighted by molar-refractivity contribution is 9.10. The zero-order chi connectivity index (χ0) is 13.0. The molecule has 5 heteroatoms. The van der Waals surface area contributed by atoms with Gasteiger partial charge in [0.15, 0.2) is 0 Å². The molecule has 0 aliphatic heterocycles. The van der Waals surface area contributed by atoms with Gasteiger partial charge in [-0.25, -0.2) is 4.39 Å². The van der Waals surface area contributed by atoms with Gasteiger partial charge in [0.05, 0.1) is 10.0 Å². The quantitative estimate of drug-likeness (QED) is 0.912. The van der Waals surface area contributed by atoms with Gasteiger partial charge in [-0.1, -0.05) is 6.07 Å². The molecule has 0 saturated carbocycles. The van der Waals surface area contributed by atoms with E-state index in [0.29, 0.717) is 12.1 Å². The molecule has 2 nitrogen and oxygen atoms in total. The van der Waals surface area contributed by atoms with Crippen molar-refractivity contribution in [1.29, 1.82) is 0 Å². The molecule has 1 N–H and O–H groups in total. The molecule has 2 aromatic rings. The maximum absolute atomic E-state index is 13.3. The van der Waals surface area contributed by atoms with Crippen molar-refractivity contribution in [3.05, 3.63) is 56.4 Å². The van der Waals surface area contributed by atoms with Crippen molar-refractivity contribution in [3.8, 4) is 0 Å². The number of halogens is 2. The van der Waals surface area contributed by atoms with Crippen molar-refractivity contribution in [2.24, 2.45) is 0 Å². The molecule has 0 bridgehead atoms. The molecule has 0 spiro atoms. The molecule has 18 heavy (non-hydrogen) atoms. The Bertz CT molecular complexity index is 542. The van der Waals surface area contributed by atoms with Crippen LogP contribution in [0.2, 0.25) is 0 Å². The van der Waals surface area contributed by atoms with Crippen LogP contribution in [0.5, 0.6) is 0 Å². The third-order valence-corrected chi connectivity index (χ3v) is 4.01. The average molecular weight is 328 g/mol. The second-order valence-corrected chi connectivity index (χ2v) is 5.31. The first kappa shape index (κ1) is 13.2. The molecule has 1 aromatic carbocycles. The van der Waals surface area contributed by atoms with Crippen LogP contribution >= 0.6 is 27.3 Å². The number of hydrogen-bond donors (Lipinski definition) is 1. The second kappa shape index (κ2) is 6.11. The Labute approximate surface area is 117 Å². The van der Waals surface area contributed by atoms with E-state index in [-0.39, 0.29) is 10.4 Å². The van der Waals surface area contributed by atoms with E-state index in [2.05, 4.69) is 21.2 Å². The largest absolute Gasteiger partial charge is 0.352 e. The molecule has 0 radical (unpaired) electrons. The molecule has 0 unspecified atom stereocenters. The van der Waals surface area contributed by atoms with Gasteiger partial charge in [-0.2, -0.15) is 11.3 Å². The molecule has 1 amide bonds. The van der Waals surface area contributed by atoms with Crippen molar-refractivity contribution < 1.29 is 9.18 Å². The monoisotopic (exact) mass is 327 g/mol. The maximum atomic E-state index is 13.3. The first-order valence-corrected chi connectivity index (χ1v) is 7.15. The summed E-state index contributed by atoms with van der Waals surface area (Å²) in [5, 5.41) is 6.82. The number of thiophene rings is 1. The van der Waals surface area contributed by atoms with Crippen LogP contribution in [0.25, 0.3) is 0 Å². The van der Waals surface area contributed by atoms with E-state index in [1.807, 2.05) is 16.8 Å². The van der Waals surface area contributed by atoms with E-state index in [1.165, 1.54) is 17.7 Å². The van der Waals surface area contributed by atoms with Crippen molar-refractivity contribution in [3.63, 3.8) is 0 Å². The van der Waals surface area contributed by atoms with E-state index in [1.54, 1.807) is 17.4 Å². The third-order valence-electron chi connectivity index (χ3n) is 2.48. The Hall–Kier alpha value is -1.20. The molecule has 1 heterocycles. The summed E-state index contributed by atoms with van der Waals surface area (Å²) < 4.78 is 13.5. The second-order valence-electron chi connectivity index (χ2n) is 3.74. The lowest BCUT2D eigenvalue weighted by atomic mass is 10.2. The smallest absolute Gasteiger partial charge is 0.252 e. The van der Waals surface area contributed by atoms with Crippen LogP contribution in [0.3, 0.4) is 0 Å². The Morgan fingerprint density at radius 3 is 2.94 bits per heavy atom. The van der Waals surface area contributed by atoms with Crippen molar-refractivity contribution in [2.75, 3.05) is 6.54 Å². The third kappa shape index (κ3) is 3.17. The lowest BCUT2D eigenvalue weighted by molar-refractivity contribution is 0.0953. The minimum atomic E-state index is -0.430. The van der Waals surface area contributed by atoms with Crippen molar-refractivity contribution >= 4 is 33.2 Å². The first-order chi connectivity index (χ1) is 8.68. The van der Waals surface area contributed by atoms with Gasteiger partial charge in [0.25, 0.3) is 5.91 Å². The van der Waals surface area contributed by atoms with Gasteiger partial charge in [0.1, 0.15) is 5.82 Å². The molecule has 0 saturated heterocycles. The van der Waals surface area contributed by atoms with Crippen LogP contribution < -0.4 is 5.32 Å². The van der Waals surface area contributed by atoms with Crippen LogP contribution in [0.4, 0.5) is 4.39 Å². The van der Waals surface area contributed by atoms with Gasteiger partial charge >= 0.3 is 0 Å². The molecule has 0 aliphatic rings. The topological polar surface area (TPSA) is 29.1 Å². The first-order valence-electron chi connectivity index (χ1n) is 5.42. The van der Waals surface area contributed by atoms with Gasteiger partial charge in [-0.15, -0.1) is 0 Å². The van der Waals surface area contributed by atoms with Crippen LogP contribution in [-0.4, -0.2) is 12.5 Å². The Balaban J connectivity index is 1.93. The van der Waals surface area contributed by atoms with E-state index >= 15 is 0 Å². The zero-order valence-corrected chi connectivity index (χ0v) is 11.9. The van der Waals surface area contributed by atoms with Gasteiger partial charge in [-0.3, -0.25) is 4.79 Å². The highest BCUT2D eigenvalue weighted by atomic mass is 79.9. The van der Waals surface area contributed by atoms with Crippen LogP contribution in [0.15, 0.2) is 39.5 Å². The number of rotatable bonds is 4. The number of nitrogens with one attached hydrogen (secondary N) is 1. The Kier molecular flexibility index (Phi) is 4.49. The summed E-state index contributed by atoms with van der Waals surface area (Å²) in [6, 6.07) is 6.45. The molecule has 2 rings (SSSR count). The Morgan fingerprint density at radius 1 is 1.39 bits per heavy atom. The normalized spacial score (nSPS) is 10.3. The lowest BCUT2D eigenvalue weighted by Crippen LogP contribution is -2.26. The van der Waals surface area contributed by atoms with E-state index < -0.39 is 5.82 Å². The number of hydrogen-bond acceptors (Lipinski definition) is 2. The van der Waals surface area contributed by atoms with Gasteiger partial charge in [-0.05, 0) is 56.9 Å². The van der Waals surface area contributed by atoms with Crippen LogP contribution in [0.1, 0.15) is 15.9 Å². The molecule has 0 aliphatic carbocycles. The number of amides is 1. The van der Waals surface area contributed by atoms with Crippen LogP contribution in [-0.2, 0) is 6.42 Å². The molecule has 0 atom stereocenters. The molecular weight excluding hydrogens is 317 g/mol. The fourth-order valence-corrected chi connectivity index (χ4v) is 2.68. The molecular formula is C13H11BrFNOS. The summed E-state index contributed by atoms with van der Waals surface area (Å²) in [6.45, 7) is 0.540. The molecule has 1 aromatic heterocycles. The summed E-state index contributed by atoms with van der Waals surface area (Å²) in [5.74, 6) is -0.697. The fraction of sp³-hybridized carbons (Fsp3) is 0.154. The number of carbonyl (C=O) groups excluding carboxylic acids is 1. The SMILES string of the molecule is O=C(NCCc1ccsc1)c1cccc(F)c1Br. The zero-order valence-electron chi connectivity index (χ0n) is 9.45. The van der Waals surface area contributed by atoms with E-state index in [4.69, 9.17) is 0 Å². The maximum Gasteiger partial charge on any atom is 0.252 e. The van der Waals surface area contributed by atoms with Gasteiger partial charge in [0.2, 0.25) is 0 Å². The van der Waals surface area contributed by atoms with Gasteiger partial charge in [0, 0.05) is 6.54 Å². The molecule has 0 fully saturated rings. The summed E-state index contributed by atoms with van der Waals surface area (Å²) in [5.41, 5.74) is 1.51. The standard InChI is InChI=1S/C13H11BrFNOS/c14-12-10(2-1-3-11(12)15)13(17)16-6-4-9-5-7-18-8-9/h1-3,5,7-8H,4,6H2,(H,16,17). The Morgan fingerprint density at radius 2 is 2.22 bits per heavy atom. The van der Waals surface area contributed by atoms with E-state index in [0.717, 1.165) is 6.42 Å².